The van der Waals surface area contributed by atoms with E-state index in [9.17, 15) is 0 Å². The zero-order valence-electron chi connectivity index (χ0n) is 6.17. The summed E-state index contributed by atoms with van der Waals surface area (Å²) in [5.74, 6) is 0. The van der Waals surface area contributed by atoms with Crippen molar-refractivity contribution in [2.75, 3.05) is 0 Å². The average molecular weight is 198 g/mol. The Hall–Kier alpha value is -0.462. The fraction of sp³-hybridized carbons (Fsp3) is 0.714. The van der Waals surface area contributed by atoms with Gasteiger partial charge in [-0.2, -0.15) is 0 Å². The molecule has 3 heteroatoms. The Kier molecular flexibility index (Phi) is 6.35. The van der Waals surface area contributed by atoms with E-state index in [1.54, 1.807) is 0 Å². The molecule has 0 radical (unpaired) electrons. The molecule has 0 aromatic carbocycles. The summed E-state index contributed by atoms with van der Waals surface area (Å²) < 4.78 is 0. The van der Waals surface area contributed by atoms with E-state index in [2.05, 4.69) is 16.6 Å². The first kappa shape index (κ1) is 9.54. The first-order valence-electron chi connectivity index (χ1n) is 3.42. The predicted molar refractivity (Wildman–Crippen MR) is 41.3 cm³/mol. The van der Waals surface area contributed by atoms with E-state index in [-0.39, 0.29) is 0 Å². The van der Waals surface area contributed by atoms with Crippen LogP contribution in [0.1, 0.15) is 26.2 Å². The molecule has 54 valence electrons. The molecular weight excluding hydrogens is 187 g/mol. The van der Waals surface area contributed by atoms with Gasteiger partial charge in [-0.1, -0.05) is 0 Å². The number of nitriles is 2. The number of rotatable bonds is 4. The molecule has 0 aliphatic rings. The minimum atomic E-state index is -1.67. The van der Waals surface area contributed by atoms with Crippen LogP contribution in [0.2, 0.25) is 5.21 Å². The van der Waals surface area contributed by atoms with Crippen LogP contribution >= 0.6 is 0 Å². The normalized spacial score (nSPS) is 8.80. The van der Waals surface area contributed by atoms with Gasteiger partial charge < -0.3 is 0 Å². The molecule has 0 rings (SSSR count). The minimum absolute atomic E-state index is 0.883. The van der Waals surface area contributed by atoms with Crippen LogP contribution in [0.4, 0.5) is 0 Å². The second-order valence-electron chi connectivity index (χ2n) is 2.06. The molecule has 0 unspecified atom stereocenters. The molecule has 0 aliphatic carbocycles. The van der Waals surface area contributed by atoms with Crippen molar-refractivity contribution in [3.63, 3.8) is 0 Å². The summed E-state index contributed by atoms with van der Waals surface area (Å²) in [6.45, 7) is 2.12. The molecule has 0 heterocycles. The summed E-state index contributed by atoms with van der Waals surface area (Å²) in [7, 11) is 0. The molecule has 10 heavy (non-hydrogen) atoms. The summed E-state index contributed by atoms with van der Waals surface area (Å²) in [6, 6.07) is 0. The van der Waals surface area contributed by atoms with E-state index in [1.165, 1.54) is 6.42 Å². The van der Waals surface area contributed by atoms with Crippen molar-refractivity contribution in [1.82, 2.24) is 0 Å². The van der Waals surface area contributed by atoms with Gasteiger partial charge in [0.2, 0.25) is 0 Å². The summed E-state index contributed by atoms with van der Waals surface area (Å²) in [4.78, 5) is 4.19. The molecule has 0 bridgehead atoms. The van der Waals surface area contributed by atoms with Crippen LogP contribution in [0.3, 0.4) is 0 Å². The van der Waals surface area contributed by atoms with Crippen LogP contribution in [0.5, 0.6) is 0 Å². The molecule has 0 aromatic heterocycles. The van der Waals surface area contributed by atoms with Gasteiger partial charge >= 0.3 is 66.3 Å². The number of hydrogen-bond acceptors (Lipinski definition) is 2. The Labute approximate surface area is 66.7 Å². The van der Waals surface area contributed by atoms with Gasteiger partial charge in [0.25, 0.3) is 0 Å². The molecule has 0 saturated heterocycles. The van der Waals surface area contributed by atoms with Gasteiger partial charge in [0.15, 0.2) is 0 Å². The van der Waals surface area contributed by atoms with E-state index in [4.69, 9.17) is 10.5 Å². The van der Waals surface area contributed by atoms with Gasteiger partial charge in [0.05, 0.1) is 0 Å². The van der Waals surface area contributed by atoms with Gasteiger partial charge in [-0.25, -0.2) is 0 Å². The topological polar surface area (TPSA) is 47.6 Å². The quantitative estimate of drug-likeness (QED) is 0.510. The first-order valence-corrected chi connectivity index (χ1v) is 6.62. The van der Waals surface area contributed by atoms with Crippen molar-refractivity contribution >= 4 is 14.7 Å². The van der Waals surface area contributed by atoms with E-state index >= 15 is 0 Å². The second kappa shape index (κ2) is 6.66. The van der Waals surface area contributed by atoms with E-state index in [0.717, 1.165) is 18.1 Å². The maximum atomic E-state index is 8.42. The summed E-state index contributed by atoms with van der Waals surface area (Å²) >= 11 is -1.67. The van der Waals surface area contributed by atoms with Gasteiger partial charge in [-0.3, -0.25) is 0 Å². The Balaban J connectivity index is 3.31. The van der Waals surface area contributed by atoms with Crippen LogP contribution in [0, 0.1) is 20.2 Å². The van der Waals surface area contributed by atoms with E-state index in [0.29, 0.717) is 0 Å². The molecule has 0 amide bonds. The summed E-state index contributed by atoms with van der Waals surface area (Å²) in [5.41, 5.74) is 0. The van der Waals surface area contributed by atoms with Gasteiger partial charge in [-0.05, 0) is 0 Å². The fourth-order valence-electron chi connectivity index (χ4n) is 0.642. The van der Waals surface area contributed by atoms with Crippen molar-refractivity contribution in [2.45, 2.75) is 31.4 Å². The first-order chi connectivity index (χ1) is 4.85. The molecule has 0 fully saturated rings. The van der Waals surface area contributed by atoms with E-state index < -0.39 is 14.7 Å². The third-order valence-corrected chi connectivity index (χ3v) is 3.84. The zero-order chi connectivity index (χ0) is 7.82. The molecule has 0 aromatic rings. The monoisotopic (exact) mass is 198 g/mol. The molecule has 0 aliphatic heterocycles. The second-order valence-corrected chi connectivity index (χ2v) is 5.63. The summed E-state index contributed by atoms with van der Waals surface area (Å²) in [5, 5.41) is 17.7. The third-order valence-electron chi connectivity index (χ3n) is 1.23. The van der Waals surface area contributed by atoms with Crippen LogP contribution < -0.4 is 0 Å². The number of nitrogens with zero attached hydrogens (tertiary/aromatic N) is 2. The van der Waals surface area contributed by atoms with Crippen molar-refractivity contribution in [3.05, 3.63) is 0 Å². The maximum absolute atomic E-state index is 8.42. The van der Waals surface area contributed by atoms with Crippen LogP contribution in [-0.2, 0) is 0 Å². The Morgan fingerprint density at radius 2 is 1.80 bits per heavy atom. The van der Waals surface area contributed by atoms with Crippen LogP contribution in [0.15, 0.2) is 0 Å². The third kappa shape index (κ3) is 4.42. The van der Waals surface area contributed by atoms with Gasteiger partial charge in [0.1, 0.15) is 0 Å². The number of unbranched alkanes of at least 4 members (excludes halogenated alkanes) is 2. The molecule has 0 saturated carbocycles. The number of hydrogen-bond donors (Lipinski definition) is 0. The van der Waals surface area contributed by atoms with Gasteiger partial charge in [0, 0.05) is 0 Å². The SMILES string of the molecule is CCCCC[As](C#N)C#N. The van der Waals surface area contributed by atoms with Crippen LogP contribution in [-0.4, -0.2) is 14.7 Å². The van der Waals surface area contributed by atoms with Crippen molar-refractivity contribution in [1.29, 1.82) is 10.5 Å². The molecule has 0 spiro atoms. The van der Waals surface area contributed by atoms with Crippen LogP contribution in [0.25, 0.3) is 0 Å². The molecule has 0 N–H and O–H groups in total. The molecular formula is C7H11AsN2. The predicted octanol–water partition coefficient (Wildman–Crippen LogP) is 1.80. The Morgan fingerprint density at radius 3 is 2.20 bits per heavy atom. The Morgan fingerprint density at radius 1 is 1.20 bits per heavy atom. The van der Waals surface area contributed by atoms with Gasteiger partial charge in [-0.15, -0.1) is 0 Å². The standard InChI is InChI=1S/C7H11AsN2/c1-2-3-4-5-8(6-9)7-10/h2-5H2,1H3. The van der Waals surface area contributed by atoms with Crippen molar-refractivity contribution in [2.24, 2.45) is 0 Å². The van der Waals surface area contributed by atoms with E-state index in [1.807, 2.05) is 0 Å². The van der Waals surface area contributed by atoms with Crippen molar-refractivity contribution < 1.29 is 0 Å². The molecule has 0 atom stereocenters. The fourth-order valence-corrected chi connectivity index (χ4v) is 2.29. The average Bonchev–Trinajstić information content (AvgIpc) is 1.99. The Bertz CT molecular complexity index is 140. The summed E-state index contributed by atoms with van der Waals surface area (Å²) in [6.07, 6.45) is 3.39. The zero-order valence-corrected chi connectivity index (χ0v) is 8.05. The molecule has 2 nitrogen and oxygen atoms in total. The van der Waals surface area contributed by atoms with Crippen molar-refractivity contribution in [3.8, 4) is 9.71 Å².